The first-order valence-corrected chi connectivity index (χ1v) is 5.85. The Balaban J connectivity index is 0.000000791. The van der Waals surface area contributed by atoms with Crippen molar-refractivity contribution in [1.82, 2.24) is 0 Å². The average Bonchev–Trinajstić information content (AvgIpc) is 2.30. The summed E-state index contributed by atoms with van der Waals surface area (Å²) in [7, 11) is 0. The lowest BCUT2D eigenvalue weighted by Gasteiger charge is -2.10. The van der Waals surface area contributed by atoms with Gasteiger partial charge in [-0.15, -0.1) is 0 Å². The van der Waals surface area contributed by atoms with E-state index in [4.69, 9.17) is 4.74 Å². The van der Waals surface area contributed by atoms with Crippen LogP contribution in [0.15, 0.2) is 30.3 Å². The Labute approximate surface area is 92.9 Å². The Morgan fingerprint density at radius 1 is 1.21 bits per heavy atom. The molecule has 0 bridgehead atoms. The molecule has 14 heavy (non-hydrogen) atoms. The van der Waals surface area contributed by atoms with Gasteiger partial charge in [0.15, 0.2) is 0 Å². The molecule has 0 N–H and O–H groups in total. The molecule has 2 heteroatoms. The number of benzene rings is 1. The number of para-hydroxylation sites is 1. The van der Waals surface area contributed by atoms with Crippen molar-refractivity contribution in [2.45, 2.75) is 20.3 Å². The van der Waals surface area contributed by atoms with E-state index >= 15 is 0 Å². The van der Waals surface area contributed by atoms with Gasteiger partial charge in [-0.3, -0.25) is 0 Å². The van der Waals surface area contributed by atoms with Crippen molar-refractivity contribution >= 4 is 12.6 Å². The van der Waals surface area contributed by atoms with Crippen molar-refractivity contribution in [3.05, 3.63) is 30.3 Å². The number of hydrogen-bond donors (Lipinski definition) is 1. The highest BCUT2D eigenvalue weighted by atomic mass is 32.1. The van der Waals surface area contributed by atoms with Gasteiger partial charge in [-0.2, -0.15) is 12.6 Å². The van der Waals surface area contributed by atoms with E-state index in [0.717, 1.165) is 12.4 Å². The first-order chi connectivity index (χ1) is 6.83. The zero-order chi connectivity index (χ0) is 10.8. The molecule has 1 unspecified atom stereocenters. The highest BCUT2D eigenvalue weighted by Crippen LogP contribution is 2.10. The maximum atomic E-state index is 5.56. The van der Waals surface area contributed by atoms with Crippen LogP contribution in [-0.2, 0) is 0 Å². The third-order valence-electron chi connectivity index (χ3n) is 1.97. The molecule has 0 fully saturated rings. The van der Waals surface area contributed by atoms with Gasteiger partial charge in [0.2, 0.25) is 0 Å². The molecule has 1 atom stereocenters. The van der Waals surface area contributed by atoms with Crippen molar-refractivity contribution in [2.75, 3.05) is 12.9 Å². The predicted molar refractivity (Wildman–Crippen MR) is 66.3 cm³/mol. The van der Waals surface area contributed by atoms with E-state index in [9.17, 15) is 0 Å². The number of ether oxygens (including phenoxy) is 1. The van der Waals surface area contributed by atoms with Crippen LogP contribution in [0.3, 0.4) is 0 Å². The van der Waals surface area contributed by atoms with Crippen LogP contribution in [-0.4, -0.2) is 12.9 Å². The summed E-state index contributed by atoms with van der Waals surface area (Å²) < 4.78 is 5.56. The minimum Gasteiger partial charge on any atom is -0.493 e. The maximum absolute atomic E-state index is 5.56. The first-order valence-electron chi connectivity index (χ1n) is 4.95. The van der Waals surface area contributed by atoms with E-state index in [0.29, 0.717) is 5.92 Å². The Bertz CT molecular complexity index is 211. The molecule has 0 amide bonds. The highest BCUT2D eigenvalue weighted by molar-refractivity contribution is 7.79. The van der Waals surface area contributed by atoms with E-state index in [1.807, 2.05) is 30.3 Å². The summed E-state index contributed by atoms with van der Waals surface area (Å²) in [4.78, 5) is 0. The second-order valence-electron chi connectivity index (χ2n) is 3.14. The number of hydrogen-bond acceptors (Lipinski definition) is 2. The lowest BCUT2D eigenvalue weighted by atomic mass is 10.1. The van der Waals surface area contributed by atoms with Crippen molar-refractivity contribution in [3.8, 4) is 5.75 Å². The zero-order valence-corrected chi connectivity index (χ0v) is 10.1. The topological polar surface area (TPSA) is 9.23 Å². The van der Waals surface area contributed by atoms with Crippen LogP contribution in [0.2, 0.25) is 0 Å². The minimum atomic E-state index is 0.644. The van der Waals surface area contributed by atoms with Crippen molar-refractivity contribution < 1.29 is 4.74 Å². The van der Waals surface area contributed by atoms with Gasteiger partial charge < -0.3 is 4.74 Å². The first kappa shape index (κ1) is 13.4. The number of thiol groups is 1. The summed E-state index contributed by atoms with van der Waals surface area (Å²) in [6, 6.07) is 9.96. The van der Waals surface area contributed by atoms with Crippen molar-refractivity contribution in [2.24, 2.45) is 5.92 Å². The zero-order valence-electron chi connectivity index (χ0n) is 9.23. The van der Waals surface area contributed by atoms with E-state index < -0.39 is 0 Å². The second-order valence-corrected chi connectivity index (χ2v) is 3.14. The lowest BCUT2D eigenvalue weighted by molar-refractivity contribution is 0.256. The Morgan fingerprint density at radius 2 is 1.79 bits per heavy atom. The standard InChI is InChI=1S/C11H16O.CH4S/c1-3-10(2)9-12-11-7-5-4-6-8-11;1-2/h4-8,10H,3,9H2,1-2H3;2H,1H3. The summed E-state index contributed by atoms with van der Waals surface area (Å²) >= 11 is 3.53. The molecule has 80 valence electrons. The molecule has 0 aliphatic carbocycles. The molecule has 1 rings (SSSR count). The molecular formula is C12H20OS. The molecule has 0 aliphatic rings. The summed E-state index contributed by atoms with van der Waals surface area (Å²) in [6.45, 7) is 5.20. The molecule has 1 nitrogen and oxygen atoms in total. The monoisotopic (exact) mass is 212 g/mol. The van der Waals surface area contributed by atoms with Gasteiger partial charge in [0.25, 0.3) is 0 Å². The fourth-order valence-corrected chi connectivity index (χ4v) is 0.873. The van der Waals surface area contributed by atoms with E-state index in [-0.39, 0.29) is 0 Å². The van der Waals surface area contributed by atoms with Gasteiger partial charge in [-0.1, -0.05) is 38.5 Å². The van der Waals surface area contributed by atoms with Gasteiger partial charge in [0.05, 0.1) is 6.61 Å². The fraction of sp³-hybridized carbons (Fsp3) is 0.500. The van der Waals surface area contributed by atoms with Crippen LogP contribution in [0.4, 0.5) is 0 Å². The van der Waals surface area contributed by atoms with E-state index in [1.165, 1.54) is 6.42 Å². The lowest BCUT2D eigenvalue weighted by Crippen LogP contribution is -2.06. The Morgan fingerprint density at radius 3 is 2.29 bits per heavy atom. The molecule has 0 aromatic heterocycles. The maximum Gasteiger partial charge on any atom is 0.119 e. The summed E-state index contributed by atoms with van der Waals surface area (Å²) in [5.41, 5.74) is 0. The molecule has 0 saturated heterocycles. The van der Waals surface area contributed by atoms with Gasteiger partial charge in [-0.05, 0) is 24.3 Å². The average molecular weight is 212 g/mol. The van der Waals surface area contributed by atoms with Gasteiger partial charge in [0.1, 0.15) is 5.75 Å². The third-order valence-corrected chi connectivity index (χ3v) is 1.97. The normalized spacial score (nSPS) is 11.1. The van der Waals surface area contributed by atoms with Crippen LogP contribution < -0.4 is 4.74 Å². The molecule has 1 aromatic rings. The molecule has 0 radical (unpaired) electrons. The van der Waals surface area contributed by atoms with Crippen LogP contribution in [0.5, 0.6) is 5.75 Å². The SMILES string of the molecule is CCC(C)COc1ccccc1.CS. The quantitative estimate of drug-likeness (QED) is 0.749. The van der Waals surface area contributed by atoms with Gasteiger partial charge >= 0.3 is 0 Å². The number of rotatable bonds is 4. The van der Waals surface area contributed by atoms with E-state index in [1.54, 1.807) is 6.26 Å². The summed E-state index contributed by atoms with van der Waals surface area (Å²) in [5.74, 6) is 1.61. The highest BCUT2D eigenvalue weighted by Gasteiger charge is 1.98. The van der Waals surface area contributed by atoms with Gasteiger partial charge in [-0.25, -0.2) is 0 Å². The van der Waals surface area contributed by atoms with Crippen LogP contribution >= 0.6 is 12.6 Å². The molecule has 0 aliphatic heterocycles. The molecule has 1 aromatic carbocycles. The molecule has 0 saturated carbocycles. The summed E-state index contributed by atoms with van der Waals surface area (Å²) in [6.07, 6.45) is 2.87. The van der Waals surface area contributed by atoms with Gasteiger partial charge in [0, 0.05) is 0 Å². The summed E-state index contributed by atoms with van der Waals surface area (Å²) in [5, 5.41) is 0. The van der Waals surface area contributed by atoms with Crippen molar-refractivity contribution in [3.63, 3.8) is 0 Å². The van der Waals surface area contributed by atoms with Crippen molar-refractivity contribution in [1.29, 1.82) is 0 Å². The molecular weight excluding hydrogens is 192 g/mol. The second kappa shape index (κ2) is 8.95. The fourth-order valence-electron chi connectivity index (χ4n) is 0.873. The van der Waals surface area contributed by atoms with Crippen LogP contribution in [0, 0.1) is 5.92 Å². The predicted octanol–water partition coefficient (Wildman–Crippen LogP) is 3.66. The molecule has 0 heterocycles. The third kappa shape index (κ3) is 5.92. The smallest absolute Gasteiger partial charge is 0.119 e. The molecule has 0 spiro atoms. The Hall–Kier alpha value is -0.630. The van der Waals surface area contributed by atoms with Crippen LogP contribution in [0.1, 0.15) is 20.3 Å². The Kier molecular flexibility index (Phi) is 8.54. The largest absolute Gasteiger partial charge is 0.493 e. The van der Waals surface area contributed by atoms with Crippen LogP contribution in [0.25, 0.3) is 0 Å². The minimum absolute atomic E-state index is 0.644. The van der Waals surface area contributed by atoms with E-state index in [2.05, 4.69) is 26.5 Å².